The number of ether oxygens (including phenoxy) is 1. The summed E-state index contributed by atoms with van der Waals surface area (Å²) < 4.78 is 73.7. The zero-order chi connectivity index (χ0) is 18.0. The average molecular weight is 360 g/mol. The highest BCUT2D eigenvalue weighted by atomic mass is 32.2. The van der Waals surface area contributed by atoms with Gasteiger partial charge in [0.25, 0.3) is 0 Å². The van der Waals surface area contributed by atoms with Crippen molar-refractivity contribution >= 4 is 10.1 Å². The first-order valence-corrected chi connectivity index (χ1v) is 8.40. The summed E-state index contributed by atoms with van der Waals surface area (Å²) in [5.74, 6) is 0.0974. The minimum atomic E-state index is -4.65. The molecule has 8 heteroatoms. The molecule has 0 N–H and O–H groups in total. The topological polar surface area (TPSA) is 52.6 Å². The fourth-order valence-corrected chi connectivity index (χ4v) is 2.99. The van der Waals surface area contributed by atoms with E-state index in [9.17, 15) is 21.6 Å². The zero-order valence-electron chi connectivity index (χ0n) is 12.9. The third-order valence-electron chi connectivity index (χ3n) is 3.15. The molecule has 0 saturated carbocycles. The van der Waals surface area contributed by atoms with Gasteiger partial charge < -0.3 is 8.92 Å². The predicted octanol–water partition coefficient (Wildman–Crippen LogP) is 4.18. The molecule has 2 aromatic carbocycles. The Kier molecular flexibility index (Phi) is 5.08. The summed E-state index contributed by atoms with van der Waals surface area (Å²) in [7, 11) is -4.43. The standard InChI is InChI=1S/C16H15F3O4S/c1-3-22-14-6-4-5-7-15(14)23-24(20,21)12-9-8-11(2)13(10-12)16(17,18)19/h4-10H,3H2,1-2H3. The van der Waals surface area contributed by atoms with Crippen LogP contribution in [0.3, 0.4) is 0 Å². The van der Waals surface area contributed by atoms with E-state index in [1.54, 1.807) is 13.0 Å². The van der Waals surface area contributed by atoms with Crippen molar-refractivity contribution < 1.29 is 30.5 Å². The molecule has 0 heterocycles. The Hall–Kier alpha value is -2.22. The summed E-state index contributed by atoms with van der Waals surface area (Å²) in [6.07, 6.45) is -4.65. The number of hydrogen-bond acceptors (Lipinski definition) is 4. The van der Waals surface area contributed by atoms with Crippen molar-refractivity contribution in [3.05, 3.63) is 53.6 Å². The molecule has 0 unspecified atom stereocenters. The lowest BCUT2D eigenvalue weighted by Crippen LogP contribution is -2.14. The first kappa shape index (κ1) is 18.1. The van der Waals surface area contributed by atoms with Crippen molar-refractivity contribution in [3.63, 3.8) is 0 Å². The summed E-state index contributed by atoms with van der Waals surface area (Å²) in [4.78, 5) is -0.577. The average Bonchev–Trinajstić information content (AvgIpc) is 2.48. The van der Waals surface area contributed by atoms with Crippen LogP contribution in [0.5, 0.6) is 11.5 Å². The van der Waals surface area contributed by atoms with Crippen molar-refractivity contribution in [3.8, 4) is 11.5 Å². The number of hydrogen-bond donors (Lipinski definition) is 0. The number of rotatable bonds is 5. The van der Waals surface area contributed by atoms with Gasteiger partial charge in [-0.3, -0.25) is 0 Å². The van der Waals surface area contributed by atoms with Crippen LogP contribution in [0.2, 0.25) is 0 Å². The smallest absolute Gasteiger partial charge is 0.416 e. The van der Waals surface area contributed by atoms with Crippen LogP contribution in [0.4, 0.5) is 13.2 Å². The number of halogens is 3. The minimum absolute atomic E-state index is 0.0730. The highest BCUT2D eigenvalue weighted by Gasteiger charge is 2.34. The highest BCUT2D eigenvalue weighted by Crippen LogP contribution is 2.34. The van der Waals surface area contributed by atoms with Gasteiger partial charge in [-0.1, -0.05) is 18.2 Å². The van der Waals surface area contributed by atoms with Crippen molar-refractivity contribution in [2.45, 2.75) is 24.9 Å². The Morgan fingerprint density at radius 1 is 1.04 bits per heavy atom. The first-order valence-electron chi connectivity index (χ1n) is 6.99. The van der Waals surface area contributed by atoms with Crippen LogP contribution in [0.15, 0.2) is 47.4 Å². The van der Waals surface area contributed by atoms with Gasteiger partial charge in [0.05, 0.1) is 12.2 Å². The molecule has 0 bridgehead atoms. The van der Waals surface area contributed by atoms with Crippen LogP contribution in [-0.2, 0) is 16.3 Å². The van der Waals surface area contributed by atoms with Crippen LogP contribution in [0.25, 0.3) is 0 Å². The van der Waals surface area contributed by atoms with Gasteiger partial charge in [-0.15, -0.1) is 0 Å². The Labute approximate surface area is 138 Å². The normalized spacial score (nSPS) is 12.0. The molecule has 4 nitrogen and oxygen atoms in total. The minimum Gasteiger partial charge on any atom is -0.490 e. The number of aryl methyl sites for hydroxylation is 1. The van der Waals surface area contributed by atoms with Crippen LogP contribution in [0, 0.1) is 6.92 Å². The lowest BCUT2D eigenvalue weighted by atomic mass is 10.1. The second kappa shape index (κ2) is 6.72. The molecule has 0 spiro atoms. The van der Waals surface area contributed by atoms with E-state index >= 15 is 0 Å². The fraction of sp³-hybridized carbons (Fsp3) is 0.250. The van der Waals surface area contributed by atoms with Gasteiger partial charge in [0, 0.05) is 0 Å². The molecule has 2 aromatic rings. The molecule has 0 aromatic heterocycles. The second-order valence-electron chi connectivity index (χ2n) is 4.89. The van der Waals surface area contributed by atoms with E-state index in [0.717, 1.165) is 12.1 Å². The van der Waals surface area contributed by atoms with E-state index in [4.69, 9.17) is 8.92 Å². The van der Waals surface area contributed by atoms with Gasteiger partial charge in [-0.05, 0) is 43.7 Å². The van der Waals surface area contributed by atoms with Crippen LogP contribution < -0.4 is 8.92 Å². The van der Waals surface area contributed by atoms with Gasteiger partial charge in [0.15, 0.2) is 11.5 Å². The van der Waals surface area contributed by atoms with Crippen molar-refractivity contribution in [1.29, 1.82) is 0 Å². The quantitative estimate of drug-likeness (QED) is 0.751. The van der Waals surface area contributed by atoms with Crippen molar-refractivity contribution in [1.82, 2.24) is 0 Å². The fourth-order valence-electron chi connectivity index (χ4n) is 2.02. The van der Waals surface area contributed by atoms with Crippen molar-refractivity contribution in [2.24, 2.45) is 0 Å². The number of para-hydroxylation sites is 2. The van der Waals surface area contributed by atoms with Gasteiger partial charge >= 0.3 is 16.3 Å². The molecule has 2 rings (SSSR count). The second-order valence-corrected chi connectivity index (χ2v) is 6.44. The van der Waals surface area contributed by atoms with E-state index < -0.39 is 26.8 Å². The van der Waals surface area contributed by atoms with Gasteiger partial charge in [0.2, 0.25) is 0 Å². The van der Waals surface area contributed by atoms with Crippen LogP contribution in [0.1, 0.15) is 18.1 Å². The summed E-state index contributed by atoms with van der Waals surface area (Å²) in [5, 5.41) is 0. The third kappa shape index (κ3) is 4.00. The summed E-state index contributed by atoms with van der Waals surface area (Å²) >= 11 is 0. The highest BCUT2D eigenvalue weighted by molar-refractivity contribution is 7.87. The van der Waals surface area contributed by atoms with Gasteiger partial charge in [0.1, 0.15) is 4.90 Å². The molecular formula is C16H15F3O4S. The molecule has 0 atom stereocenters. The van der Waals surface area contributed by atoms with E-state index in [1.807, 2.05) is 0 Å². The first-order chi connectivity index (χ1) is 11.1. The summed E-state index contributed by atoms with van der Waals surface area (Å²) in [6, 6.07) is 8.75. The maximum atomic E-state index is 13.0. The monoisotopic (exact) mass is 360 g/mol. The SMILES string of the molecule is CCOc1ccccc1OS(=O)(=O)c1ccc(C)c(C(F)(F)F)c1. The third-order valence-corrected chi connectivity index (χ3v) is 4.38. The molecule has 0 amide bonds. The molecule has 24 heavy (non-hydrogen) atoms. The maximum absolute atomic E-state index is 13.0. The molecular weight excluding hydrogens is 345 g/mol. The van der Waals surface area contributed by atoms with E-state index in [1.165, 1.54) is 25.1 Å². The Morgan fingerprint density at radius 3 is 2.25 bits per heavy atom. The van der Waals surface area contributed by atoms with Crippen LogP contribution in [-0.4, -0.2) is 15.0 Å². The number of alkyl halides is 3. The van der Waals surface area contributed by atoms with Gasteiger partial charge in [-0.2, -0.15) is 21.6 Å². The van der Waals surface area contributed by atoms with Gasteiger partial charge in [-0.25, -0.2) is 0 Å². The largest absolute Gasteiger partial charge is 0.490 e. The molecule has 0 saturated heterocycles. The molecule has 0 aliphatic heterocycles. The summed E-state index contributed by atoms with van der Waals surface area (Å²) in [6.45, 7) is 3.24. The summed E-state index contributed by atoms with van der Waals surface area (Å²) in [5.41, 5.74) is -1.10. The molecule has 0 fully saturated rings. The Bertz CT molecular complexity index is 829. The van der Waals surface area contributed by atoms with Crippen molar-refractivity contribution in [2.75, 3.05) is 6.61 Å². The molecule has 0 radical (unpaired) electrons. The van der Waals surface area contributed by atoms with E-state index in [-0.39, 0.29) is 23.7 Å². The zero-order valence-corrected chi connectivity index (χ0v) is 13.7. The predicted molar refractivity (Wildman–Crippen MR) is 81.6 cm³/mol. The molecule has 130 valence electrons. The van der Waals surface area contributed by atoms with Crippen LogP contribution >= 0.6 is 0 Å². The van der Waals surface area contributed by atoms with E-state index in [0.29, 0.717) is 6.07 Å². The van der Waals surface area contributed by atoms with E-state index in [2.05, 4.69) is 0 Å². The lowest BCUT2D eigenvalue weighted by Gasteiger charge is -2.14. The Morgan fingerprint density at radius 2 is 1.67 bits per heavy atom. The maximum Gasteiger partial charge on any atom is 0.416 e. The lowest BCUT2D eigenvalue weighted by molar-refractivity contribution is -0.138. The molecule has 0 aliphatic rings. The Balaban J connectivity index is 2.42. The number of benzene rings is 2. The molecule has 0 aliphatic carbocycles.